The Morgan fingerprint density at radius 3 is 2.58 bits per heavy atom. The number of amides is 1. The van der Waals surface area contributed by atoms with E-state index in [2.05, 4.69) is 5.32 Å². The molecule has 1 atom stereocenters. The van der Waals surface area contributed by atoms with E-state index in [9.17, 15) is 13.6 Å². The first-order chi connectivity index (χ1) is 15.0. The third-order valence-corrected chi connectivity index (χ3v) is 5.11. The summed E-state index contributed by atoms with van der Waals surface area (Å²) in [5, 5.41) is 5.24. The van der Waals surface area contributed by atoms with Crippen molar-refractivity contribution < 1.29 is 18.3 Å². The third kappa shape index (κ3) is 4.72. The quantitative estimate of drug-likeness (QED) is 0.406. The van der Waals surface area contributed by atoms with Crippen LogP contribution in [-0.4, -0.2) is 5.91 Å². The van der Waals surface area contributed by atoms with E-state index in [4.69, 9.17) is 4.74 Å². The summed E-state index contributed by atoms with van der Waals surface area (Å²) in [5.41, 5.74) is 2.18. The highest BCUT2D eigenvalue weighted by molar-refractivity contribution is 5.95. The number of hydrogen-bond acceptors (Lipinski definition) is 2. The fourth-order valence-corrected chi connectivity index (χ4v) is 3.54. The fourth-order valence-electron chi connectivity index (χ4n) is 3.54. The predicted molar refractivity (Wildman–Crippen MR) is 117 cm³/mol. The zero-order valence-electron chi connectivity index (χ0n) is 16.9. The summed E-state index contributed by atoms with van der Waals surface area (Å²) in [7, 11) is 0. The summed E-state index contributed by atoms with van der Waals surface area (Å²) in [6, 6.07) is 23.8. The highest BCUT2D eigenvalue weighted by atomic mass is 19.1. The van der Waals surface area contributed by atoms with Crippen molar-refractivity contribution in [3.8, 4) is 5.75 Å². The van der Waals surface area contributed by atoms with Crippen LogP contribution in [0.1, 0.15) is 34.5 Å². The van der Waals surface area contributed by atoms with Gasteiger partial charge in [-0.3, -0.25) is 4.79 Å². The molecule has 0 fully saturated rings. The lowest BCUT2D eigenvalue weighted by atomic mass is 9.99. The lowest BCUT2D eigenvalue weighted by Gasteiger charge is -2.17. The molecule has 156 valence electrons. The second kappa shape index (κ2) is 8.96. The van der Waals surface area contributed by atoms with Crippen LogP contribution in [0.4, 0.5) is 8.78 Å². The van der Waals surface area contributed by atoms with Crippen LogP contribution < -0.4 is 10.1 Å². The molecule has 1 N–H and O–H groups in total. The summed E-state index contributed by atoms with van der Waals surface area (Å²) >= 11 is 0. The smallest absolute Gasteiger partial charge is 0.251 e. The van der Waals surface area contributed by atoms with Gasteiger partial charge in [0, 0.05) is 11.6 Å². The monoisotopic (exact) mass is 417 g/mol. The Kier molecular flexibility index (Phi) is 5.94. The van der Waals surface area contributed by atoms with Crippen LogP contribution in [0.15, 0.2) is 84.9 Å². The number of rotatable bonds is 6. The molecule has 0 saturated carbocycles. The van der Waals surface area contributed by atoms with Gasteiger partial charge in [-0.15, -0.1) is 0 Å². The van der Waals surface area contributed by atoms with Gasteiger partial charge in [-0.1, -0.05) is 54.6 Å². The molecule has 0 radical (unpaired) electrons. The molecule has 0 spiro atoms. The van der Waals surface area contributed by atoms with E-state index in [0.29, 0.717) is 11.1 Å². The number of carbonyl (C=O) groups excluding carboxylic acids is 1. The molecule has 31 heavy (non-hydrogen) atoms. The minimum absolute atomic E-state index is 0.0143. The third-order valence-electron chi connectivity index (χ3n) is 5.11. The first kappa shape index (κ1) is 20.5. The number of benzene rings is 4. The zero-order chi connectivity index (χ0) is 21.8. The standard InChI is InChI=1S/C26H21F2NO2/c1-17(22-11-5-8-19-7-2-3-10-23(19)22)29-26(30)20-9-4-6-18(14-20)16-31-25-15-21(27)12-13-24(25)28/h2-15,17H,16H2,1H3,(H,29,30)/t17-/m1/s1. The van der Waals surface area contributed by atoms with Crippen molar-refractivity contribution >= 4 is 16.7 Å². The van der Waals surface area contributed by atoms with Gasteiger partial charge in [-0.25, -0.2) is 8.78 Å². The molecule has 5 heteroatoms. The molecule has 4 aromatic carbocycles. The lowest BCUT2D eigenvalue weighted by molar-refractivity contribution is 0.0940. The van der Waals surface area contributed by atoms with E-state index in [1.165, 1.54) is 0 Å². The van der Waals surface area contributed by atoms with Crippen molar-refractivity contribution in [1.29, 1.82) is 0 Å². The largest absolute Gasteiger partial charge is 0.486 e. The maximum Gasteiger partial charge on any atom is 0.251 e. The molecular weight excluding hydrogens is 396 g/mol. The van der Waals surface area contributed by atoms with Crippen molar-refractivity contribution in [3.05, 3.63) is 113 Å². The number of fused-ring (bicyclic) bond motifs is 1. The van der Waals surface area contributed by atoms with Crippen molar-refractivity contribution in [2.24, 2.45) is 0 Å². The van der Waals surface area contributed by atoms with E-state index in [1.807, 2.05) is 49.4 Å². The van der Waals surface area contributed by atoms with Crippen molar-refractivity contribution in [2.75, 3.05) is 0 Å². The first-order valence-electron chi connectivity index (χ1n) is 9.96. The van der Waals surface area contributed by atoms with Gasteiger partial charge in [-0.05, 0) is 53.1 Å². The predicted octanol–water partition coefficient (Wildman–Crippen LogP) is 6.19. The van der Waals surface area contributed by atoms with Gasteiger partial charge in [-0.2, -0.15) is 0 Å². The molecule has 0 aliphatic heterocycles. The molecule has 0 aromatic heterocycles. The second-order valence-electron chi connectivity index (χ2n) is 7.33. The van der Waals surface area contributed by atoms with E-state index < -0.39 is 11.6 Å². The summed E-state index contributed by atoms with van der Waals surface area (Å²) in [6.07, 6.45) is 0. The van der Waals surface area contributed by atoms with Crippen LogP contribution in [0, 0.1) is 11.6 Å². The zero-order valence-corrected chi connectivity index (χ0v) is 16.9. The average molecular weight is 417 g/mol. The molecule has 1 amide bonds. The Morgan fingerprint density at radius 1 is 0.935 bits per heavy atom. The maximum absolute atomic E-state index is 13.7. The van der Waals surface area contributed by atoms with E-state index in [1.54, 1.807) is 24.3 Å². The molecule has 4 aromatic rings. The average Bonchev–Trinajstić information content (AvgIpc) is 2.79. The molecule has 0 unspecified atom stereocenters. The van der Waals surface area contributed by atoms with Crippen LogP contribution in [0.25, 0.3) is 10.8 Å². The molecule has 3 nitrogen and oxygen atoms in total. The van der Waals surface area contributed by atoms with E-state index >= 15 is 0 Å². The molecule has 0 aliphatic carbocycles. The van der Waals surface area contributed by atoms with Gasteiger partial charge in [0.1, 0.15) is 12.4 Å². The van der Waals surface area contributed by atoms with E-state index in [0.717, 1.165) is 34.5 Å². The van der Waals surface area contributed by atoms with Gasteiger partial charge >= 0.3 is 0 Å². The summed E-state index contributed by atoms with van der Waals surface area (Å²) in [5.74, 6) is -1.61. The van der Waals surface area contributed by atoms with Crippen molar-refractivity contribution in [2.45, 2.75) is 19.6 Å². The normalized spacial score (nSPS) is 11.8. The number of nitrogens with one attached hydrogen (secondary N) is 1. The maximum atomic E-state index is 13.7. The van der Waals surface area contributed by atoms with Gasteiger partial charge in [0.25, 0.3) is 5.91 Å². The number of ether oxygens (including phenoxy) is 1. The highest BCUT2D eigenvalue weighted by Gasteiger charge is 2.14. The molecule has 0 heterocycles. The van der Waals surface area contributed by atoms with Crippen LogP contribution in [0.2, 0.25) is 0 Å². The first-order valence-corrected chi connectivity index (χ1v) is 9.96. The molecule has 0 bridgehead atoms. The molecule has 0 saturated heterocycles. The summed E-state index contributed by atoms with van der Waals surface area (Å²) in [6.45, 7) is 1.96. The Bertz CT molecular complexity index is 1230. The number of hydrogen-bond donors (Lipinski definition) is 1. The van der Waals surface area contributed by atoms with Crippen LogP contribution in [0.5, 0.6) is 5.75 Å². The summed E-state index contributed by atoms with van der Waals surface area (Å²) < 4.78 is 32.4. The van der Waals surface area contributed by atoms with E-state index in [-0.39, 0.29) is 24.3 Å². The van der Waals surface area contributed by atoms with Gasteiger partial charge < -0.3 is 10.1 Å². The summed E-state index contributed by atoms with van der Waals surface area (Å²) in [4.78, 5) is 12.8. The number of carbonyl (C=O) groups is 1. The van der Waals surface area contributed by atoms with Crippen LogP contribution in [0.3, 0.4) is 0 Å². The SMILES string of the molecule is C[C@@H](NC(=O)c1cccc(COc2cc(F)ccc2F)c1)c1cccc2ccccc12. The van der Waals surface area contributed by atoms with Crippen molar-refractivity contribution in [1.82, 2.24) is 5.32 Å². The number of halogens is 2. The van der Waals surface area contributed by atoms with Gasteiger partial charge in [0.2, 0.25) is 0 Å². The lowest BCUT2D eigenvalue weighted by Crippen LogP contribution is -2.26. The minimum Gasteiger partial charge on any atom is -0.486 e. The fraction of sp³-hybridized carbons (Fsp3) is 0.115. The van der Waals surface area contributed by atoms with Crippen LogP contribution in [-0.2, 0) is 6.61 Å². The Labute approximate surface area is 179 Å². The van der Waals surface area contributed by atoms with Gasteiger partial charge in [0.05, 0.1) is 6.04 Å². The Morgan fingerprint density at radius 2 is 1.71 bits per heavy atom. The molecule has 0 aliphatic rings. The highest BCUT2D eigenvalue weighted by Crippen LogP contribution is 2.24. The molecular formula is C26H21F2NO2. The minimum atomic E-state index is -0.640. The second-order valence-corrected chi connectivity index (χ2v) is 7.33. The Hall–Kier alpha value is -3.73. The molecule has 4 rings (SSSR count). The van der Waals surface area contributed by atoms with Gasteiger partial charge in [0.15, 0.2) is 11.6 Å². The Balaban J connectivity index is 1.47. The van der Waals surface area contributed by atoms with Crippen molar-refractivity contribution in [3.63, 3.8) is 0 Å². The van der Waals surface area contributed by atoms with Crippen LogP contribution >= 0.6 is 0 Å². The topological polar surface area (TPSA) is 38.3 Å².